The molecule has 2 N–H and O–H groups in total. The Hall–Kier alpha value is -0.890. The van der Waals surface area contributed by atoms with Crippen molar-refractivity contribution in [1.82, 2.24) is 4.31 Å². The molecule has 0 unspecified atom stereocenters. The number of hydrogen-bond acceptors (Lipinski definition) is 4. The standard InChI is InChI=1S/C13H15BrN2O2S2/c1-2-16(9-10-4-3-7-19-10)20(17,18)11-5-6-13(15)12(14)8-11/h3-8H,2,9,15H2,1H3. The molecule has 0 amide bonds. The number of nitrogens with zero attached hydrogens (tertiary/aromatic N) is 1. The Bertz CT molecular complexity index is 684. The fourth-order valence-electron chi connectivity index (χ4n) is 1.76. The summed E-state index contributed by atoms with van der Waals surface area (Å²) in [6.07, 6.45) is 0. The Morgan fingerprint density at radius 2 is 2.10 bits per heavy atom. The molecule has 0 fully saturated rings. The van der Waals surface area contributed by atoms with Gasteiger partial charge in [-0.05, 0) is 45.6 Å². The molecule has 1 aromatic heterocycles. The Morgan fingerprint density at radius 1 is 1.35 bits per heavy atom. The summed E-state index contributed by atoms with van der Waals surface area (Å²) in [4.78, 5) is 1.27. The Morgan fingerprint density at radius 3 is 2.65 bits per heavy atom. The van der Waals surface area contributed by atoms with Gasteiger partial charge >= 0.3 is 0 Å². The highest BCUT2D eigenvalue weighted by Gasteiger charge is 2.24. The van der Waals surface area contributed by atoms with E-state index in [1.807, 2.05) is 24.4 Å². The van der Waals surface area contributed by atoms with Crippen molar-refractivity contribution < 1.29 is 8.42 Å². The number of benzene rings is 1. The molecule has 4 nitrogen and oxygen atoms in total. The maximum Gasteiger partial charge on any atom is 0.243 e. The number of rotatable bonds is 5. The van der Waals surface area contributed by atoms with E-state index in [1.165, 1.54) is 10.4 Å². The van der Waals surface area contributed by atoms with Gasteiger partial charge < -0.3 is 5.73 Å². The van der Waals surface area contributed by atoms with Gasteiger partial charge in [0.2, 0.25) is 10.0 Å². The second-order valence-corrected chi connectivity index (χ2v) is 8.02. The molecular weight excluding hydrogens is 360 g/mol. The summed E-state index contributed by atoms with van der Waals surface area (Å²) >= 11 is 4.81. The van der Waals surface area contributed by atoms with E-state index in [9.17, 15) is 8.42 Å². The van der Waals surface area contributed by atoms with Gasteiger partial charge in [0, 0.05) is 28.1 Å². The Balaban J connectivity index is 2.33. The van der Waals surface area contributed by atoms with E-state index in [0.29, 0.717) is 23.2 Å². The lowest BCUT2D eigenvalue weighted by molar-refractivity contribution is 0.426. The van der Waals surface area contributed by atoms with Crippen molar-refractivity contribution >= 4 is 43.0 Å². The second kappa shape index (κ2) is 6.26. The molecule has 0 aliphatic rings. The minimum absolute atomic E-state index is 0.247. The minimum atomic E-state index is -3.51. The molecule has 0 aliphatic heterocycles. The third-order valence-corrected chi connectivity index (χ3v) is 6.34. The molecule has 7 heteroatoms. The van der Waals surface area contributed by atoms with Gasteiger partial charge in [-0.1, -0.05) is 13.0 Å². The predicted molar refractivity (Wildman–Crippen MR) is 86.1 cm³/mol. The third kappa shape index (κ3) is 3.22. The fourth-order valence-corrected chi connectivity index (χ4v) is 4.55. The first kappa shape index (κ1) is 15.5. The second-order valence-electron chi connectivity index (χ2n) is 4.19. The summed E-state index contributed by atoms with van der Waals surface area (Å²) in [5, 5.41) is 1.94. The molecule has 0 atom stereocenters. The summed E-state index contributed by atoms with van der Waals surface area (Å²) in [6.45, 7) is 2.64. The van der Waals surface area contributed by atoms with Gasteiger partial charge in [0.05, 0.1) is 4.90 Å². The zero-order valence-corrected chi connectivity index (χ0v) is 14.1. The summed E-state index contributed by atoms with van der Waals surface area (Å²) in [5.41, 5.74) is 6.22. The van der Waals surface area contributed by atoms with Crippen molar-refractivity contribution in [3.63, 3.8) is 0 Å². The first-order valence-corrected chi connectivity index (χ1v) is 9.14. The smallest absolute Gasteiger partial charge is 0.243 e. The van der Waals surface area contributed by atoms with Crippen LogP contribution >= 0.6 is 27.3 Å². The van der Waals surface area contributed by atoms with Crippen LogP contribution in [0.15, 0.2) is 45.1 Å². The number of thiophene rings is 1. The Kier molecular flexibility index (Phi) is 4.85. The molecule has 0 saturated carbocycles. The summed E-state index contributed by atoms with van der Waals surface area (Å²) in [6, 6.07) is 8.52. The van der Waals surface area contributed by atoms with E-state index in [1.54, 1.807) is 23.5 Å². The van der Waals surface area contributed by atoms with E-state index in [4.69, 9.17) is 5.73 Å². The summed E-state index contributed by atoms with van der Waals surface area (Å²) < 4.78 is 27.3. The van der Waals surface area contributed by atoms with Crippen LogP contribution in [0.5, 0.6) is 0 Å². The van der Waals surface area contributed by atoms with Gasteiger partial charge in [0.15, 0.2) is 0 Å². The first-order valence-electron chi connectivity index (χ1n) is 6.02. The monoisotopic (exact) mass is 374 g/mol. The van der Waals surface area contributed by atoms with Crippen molar-refractivity contribution in [1.29, 1.82) is 0 Å². The topological polar surface area (TPSA) is 63.4 Å². The van der Waals surface area contributed by atoms with Gasteiger partial charge in [0.25, 0.3) is 0 Å². The number of nitrogen functional groups attached to an aromatic ring is 1. The highest BCUT2D eigenvalue weighted by atomic mass is 79.9. The molecule has 0 saturated heterocycles. The molecule has 2 rings (SSSR count). The molecule has 0 radical (unpaired) electrons. The van der Waals surface area contributed by atoms with Crippen LogP contribution < -0.4 is 5.73 Å². The van der Waals surface area contributed by atoms with E-state index >= 15 is 0 Å². The van der Waals surface area contributed by atoms with Gasteiger partial charge in [-0.15, -0.1) is 11.3 Å². The average molecular weight is 375 g/mol. The van der Waals surface area contributed by atoms with Gasteiger partial charge in [-0.3, -0.25) is 0 Å². The van der Waals surface area contributed by atoms with Crippen LogP contribution in [0.4, 0.5) is 5.69 Å². The normalized spacial score (nSPS) is 11.9. The SMILES string of the molecule is CCN(Cc1cccs1)S(=O)(=O)c1ccc(N)c(Br)c1. The van der Waals surface area contributed by atoms with Crippen LogP contribution in [0.1, 0.15) is 11.8 Å². The third-order valence-electron chi connectivity index (χ3n) is 2.87. The van der Waals surface area contributed by atoms with Crippen LogP contribution in [-0.4, -0.2) is 19.3 Å². The van der Waals surface area contributed by atoms with Crippen LogP contribution in [0.2, 0.25) is 0 Å². The minimum Gasteiger partial charge on any atom is -0.398 e. The number of halogens is 1. The van der Waals surface area contributed by atoms with Crippen LogP contribution in [0.25, 0.3) is 0 Å². The zero-order chi connectivity index (χ0) is 14.8. The number of anilines is 1. The van der Waals surface area contributed by atoms with E-state index in [-0.39, 0.29) is 4.90 Å². The lowest BCUT2D eigenvalue weighted by atomic mass is 10.3. The van der Waals surface area contributed by atoms with Crippen molar-refractivity contribution in [2.75, 3.05) is 12.3 Å². The van der Waals surface area contributed by atoms with E-state index in [2.05, 4.69) is 15.9 Å². The highest BCUT2D eigenvalue weighted by molar-refractivity contribution is 9.10. The Labute approximate surface area is 131 Å². The average Bonchev–Trinajstić information content (AvgIpc) is 2.91. The van der Waals surface area contributed by atoms with Gasteiger partial charge in [-0.25, -0.2) is 8.42 Å². The largest absolute Gasteiger partial charge is 0.398 e. The maximum atomic E-state index is 12.6. The molecule has 0 aliphatic carbocycles. The van der Waals surface area contributed by atoms with Crippen molar-refractivity contribution in [3.8, 4) is 0 Å². The molecule has 20 heavy (non-hydrogen) atoms. The molecule has 0 bridgehead atoms. The number of hydrogen-bond donors (Lipinski definition) is 1. The van der Waals surface area contributed by atoms with Crippen molar-refractivity contribution in [3.05, 3.63) is 45.1 Å². The number of sulfonamides is 1. The lowest BCUT2D eigenvalue weighted by Gasteiger charge is -2.20. The predicted octanol–water partition coefficient (Wildman–Crippen LogP) is 3.30. The van der Waals surface area contributed by atoms with Crippen LogP contribution in [-0.2, 0) is 16.6 Å². The number of nitrogens with two attached hydrogens (primary N) is 1. The van der Waals surface area contributed by atoms with Gasteiger partial charge in [0.1, 0.15) is 0 Å². The molecule has 2 aromatic rings. The fraction of sp³-hybridized carbons (Fsp3) is 0.231. The van der Waals surface area contributed by atoms with Crippen LogP contribution in [0.3, 0.4) is 0 Å². The maximum absolute atomic E-state index is 12.6. The van der Waals surface area contributed by atoms with Gasteiger partial charge in [-0.2, -0.15) is 4.31 Å². The molecule has 1 heterocycles. The van der Waals surface area contributed by atoms with E-state index in [0.717, 1.165) is 4.88 Å². The molecular formula is C13H15BrN2O2S2. The first-order chi connectivity index (χ1) is 9.45. The van der Waals surface area contributed by atoms with Crippen molar-refractivity contribution in [2.24, 2.45) is 0 Å². The molecule has 1 aromatic carbocycles. The van der Waals surface area contributed by atoms with E-state index < -0.39 is 10.0 Å². The molecule has 108 valence electrons. The van der Waals surface area contributed by atoms with Crippen LogP contribution in [0, 0.1) is 0 Å². The quantitative estimate of drug-likeness (QED) is 0.816. The zero-order valence-electron chi connectivity index (χ0n) is 10.9. The van der Waals surface area contributed by atoms with Crippen molar-refractivity contribution in [2.45, 2.75) is 18.4 Å². The lowest BCUT2D eigenvalue weighted by Crippen LogP contribution is -2.30. The summed E-state index contributed by atoms with van der Waals surface area (Å²) in [7, 11) is -3.51. The molecule has 0 spiro atoms. The summed E-state index contributed by atoms with van der Waals surface area (Å²) in [5.74, 6) is 0. The highest BCUT2D eigenvalue weighted by Crippen LogP contribution is 2.26.